The van der Waals surface area contributed by atoms with Crippen LogP contribution >= 0.6 is 11.8 Å². The van der Waals surface area contributed by atoms with Crippen molar-refractivity contribution in [2.45, 2.75) is 19.3 Å². The fourth-order valence-corrected chi connectivity index (χ4v) is 4.90. The zero-order valence-corrected chi connectivity index (χ0v) is 25.5. The van der Waals surface area contributed by atoms with Crippen LogP contribution in [0.3, 0.4) is 0 Å². The fraction of sp³-hybridized carbons (Fsp3) is 0.333. The van der Waals surface area contributed by atoms with Gasteiger partial charge in [0, 0.05) is 49.9 Å². The minimum absolute atomic E-state index is 0.0866. The van der Waals surface area contributed by atoms with Gasteiger partial charge in [0.25, 0.3) is 11.8 Å². The molecule has 0 saturated heterocycles. The number of nitrogens with one attached hydrogen (secondary N) is 3. The van der Waals surface area contributed by atoms with Crippen molar-refractivity contribution < 1.29 is 33.4 Å². The molecule has 4 rings (SSSR count). The molecule has 1 aliphatic rings. The van der Waals surface area contributed by atoms with Gasteiger partial charge in [-0.05, 0) is 48.9 Å². The van der Waals surface area contributed by atoms with Gasteiger partial charge in [-0.15, -0.1) is 0 Å². The van der Waals surface area contributed by atoms with Gasteiger partial charge in [0.2, 0.25) is 11.7 Å². The molecule has 13 nitrogen and oxygen atoms in total. The third kappa shape index (κ3) is 8.60. The lowest BCUT2D eigenvalue weighted by atomic mass is 10.1. The number of hydrogen-bond donors (Lipinski definition) is 3. The molecule has 0 atom stereocenters. The van der Waals surface area contributed by atoms with Crippen molar-refractivity contribution >= 4 is 58.9 Å². The molecule has 3 N–H and O–H groups in total. The number of benzene rings is 2. The highest BCUT2D eigenvalue weighted by molar-refractivity contribution is 7.99. The van der Waals surface area contributed by atoms with E-state index in [9.17, 15) is 19.2 Å². The van der Waals surface area contributed by atoms with Crippen LogP contribution in [-0.4, -0.2) is 78.3 Å². The maximum absolute atomic E-state index is 12.7. The molecule has 0 unspecified atom stereocenters. The van der Waals surface area contributed by atoms with Crippen LogP contribution in [0.25, 0.3) is 0 Å². The molecule has 1 aromatic heterocycles. The number of carbonyl (C=O) groups is 4. The number of carbonyl (C=O) groups excluding carboxylic acids is 4. The number of methoxy groups -OCH3 is 2. The largest absolute Gasteiger partial charge is 0.493 e. The molecular formula is C30H34N6O7S. The van der Waals surface area contributed by atoms with Gasteiger partial charge in [-0.1, -0.05) is 0 Å². The van der Waals surface area contributed by atoms with Crippen LogP contribution in [0.15, 0.2) is 47.6 Å². The molecule has 232 valence electrons. The fourth-order valence-electron chi connectivity index (χ4n) is 4.21. The summed E-state index contributed by atoms with van der Waals surface area (Å²) >= 11 is 1.74. The number of hydrogen-bond acceptors (Lipinski definition) is 10. The van der Waals surface area contributed by atoms with E-state index in [0.29, 0.717) is 47.0 Å². The predicted molar refractivity (Wildman–Crippen MR) is 168 cm³/mol. The third-order valence-corrected chi connectivity index (χ3v) is 7.38. The van der Waals surface area contributed by atoms with E-state index >= 15 is 0 Å². The number of anilines is 2. The van der Waals surface area contributed by atoms with Crippen LogP contribution < -0.4 is 25.4 Å². The Hall–Kier alpha value is -4.85. The van der Waals surface area contributed by atoms with Gasteiger partial charge in [-0.25, -0.2) is 9.78 Å². The summed E-state index contributed by atoms with van der Waals surface area (Å²) in [5.74, 6) is 1.29. The van der Waals surface area contributed by atoms with Gasteiger partial charge >= 0.3 is 5.97 Å². The van der Waals surface area contributed by atoms with Crippen LogP contribution in [0.5, 0.6) is 11.5 Å². The number of esters is 1. The van der Waals surface area contributed by atoms with Crippen molar-refractivity contribution in [3.63, 3.8) is 0 Å². The second-order valence-electron chi connectivity index (χ2n) is 9.60. The van der Waals surface area contributed by atoms with Crippen molar-refractivity contribution in [2.24, 2.45) is 12.0 Å². The number of amides is 3. The summed E-state index contributed by atoms with van der Waals surface area (Å²) in [5, 5.41) is 8.31. The van der Waals surface area contributed by atoms with Crippen molar-refractivity contribution in [2.75, 3.05) is 49.5 Å². The molecule has 0 bridgehead atoms. The minimum atomic E-state index is -0.486. The number of nitrogens with zero attached hydrogens (tertiary/aromatic N) is 3. The third-order valence-electron chi connectivity index (χ3n) is 6.42. The van der Waals surface area contributed by atoms with Crippen LogP contribution in [-0.2, 0) is 16.6 Å². The SMILES string of the molecule is COC(=O)c1ccc(NC(=O)c2nc(NC(=O)CCCOc3cc4c(cc3OC)C(=O)NCCCSC/C=N\4)cn2C)cc1. The van der Waals surface area contributed by atoms with Crippen LogP contribution in [0.1, 0.15) is 50.6 Å². The molecule has 0 spiro atoms. The number of aryl methyl sites for hydroxylation is 1. The Bertz CT molecular complexity index is 1540. The summed E-state index contributed by atoms with van der Waals surface area (Å²) in [6.07, 6.45) is 4.70. The molecule has 0 saturated carbocycles. The molecule has 14 heteroatoms. The molecule has 44 heavy (non-hydrogen) atoms. The first-order valence-corrected chi connectivity index (χ1v) is 15.0. The average molecular weight is 623 g/mol. The monoisotopic (exact) mass is 622 g/mol. The summed E-state index contributed by atoms with van der Waals surface area (Å²) in [4.78, 5) is 58.3. The first kappa shape index (κ1) is 32.1. The van der Waals surface area contributed by atoms with E-state index < -0.39 is 11.9 Å². The second-order valence-corrected chi connectivity index (χ2v) is 10.7. The minimum Gasteiger partial charge on any atom is -0.493 e. The summed E-state index contributed by atoms with van der Waals surface area (Å²) in [6, 6.07) is 9.50. The quantitative estimate of drug-likeness (QED) is 0.225. The van der Waals surface area contributed by atoms with E-state index in [1.807, 2.05) is 0 Å². The van der Waals surface area contributed by atoms with Crippen LogP contribution in [0.2, 0.25) is 0 Å². The van der Waals surface area contributed by atoms with E-state index in [1.54, 1.807) is 49.3 Å². The van der Waals surface area contributed by atoms with Crippen molar-refractivity contribution in [3.8, 4) is 11.5 Å². The van der Waals surface area contributed by atoms with E-state index in [0.717, 1.165) is 17.9 Å². The molecule has 2 aromatic carbocycles. The highest BCUT2D eigenvalue weighted by Gasteiger charge is 2.19. The van der Waals surface area contributed by atoms with E-state index in [1.165, 1.54) is 37.1 Å². The number of thioether (sulfide) groups is 1. The molecular weight excluding hydrogens is 588 g/mol. The second kappa shape index (κ2) is 15.6. The van der Waals surface area contributed by atoms with Gasteiger partial charge in [0.05, 0.1) is 37.6 Å². The summed E-state index contributed by atoms with van der Waals surface area (Å²) in [6.45, 7) is 0.786. The Kier molecular flexibility index (Phi) is 11.3. The molecule has 0 fully saturated rings. The number of aromatic nitrogens is 2. The van der Waals surface area contributed by atoms with Crippen LogP contribution in [0, 0.1) is 0 Å². The Morgan fingerprint density at radius 3 is 2.64 bits per heavy atom. The van der Waals surface area contributed by atoms with Crippen molar-refractivity contribution in [1.29, 1.82) is 0 Å². The van der Waals surface area contributed by atoms with Crippen molar-refractivity contribution in [3.05, 3.63) is 59.5 Å². The highest BCUT2D eigenvalue weighted by Crippen LogP contribution is 2.35. The van der Waals surface area contributed by atoms with Crippen molar-refractivity contribution in [1.82, 2.24) is 14.9 Å². The maximum atomic E-state index is 12.7. The number of rotatable bonds is 10. The lowest BCUT2D eigenvalue weighted by Gasteiger charge is -2.14. The molecule has 1 aliphatic heterocycles. The molecule has 3 amide bonds. The lowest BCUT2D eigenvalue weighted by molar-refractivity contribution is -0.116. The standard InChI is InChI=1S/C30H34N6O7S/c1-36-18-25(35-27(36)29(39)33-20-9-7-19(8-10-20)30(40)42-3)34-26(37)6-4-13-43-24-17-22-21(16-23(24)41-2)28(38)32-11-5-14-44-15-12-31-22/h7-10,12,16-18H,4-6,11,13-15H2,1-3H3,(H,32,38)(H,33,39)(H,34,37)/b31-12-. The number of ether oxygens (including phenoxy) is 3. The molecule has 3 aromatic rings. The Balaban J connectivity index is 1.30. The zero-order chi connectivity index (χ0) is 31.5. The smallest absolute Gasteiger partial charge is 0.337 e. The topological polar surface area (TPSA) is 162 Å². The molecule has 0 aliphatic carbocycles. The number of imidazole rings is 1. The van der Waals surface area contributed by atoms with Crippen LogP contribution in [0.4, 0.5) is 17.2 Å². The Labute approximate surface area is 258 Å². The maximum Gasteiger partial charge on any atom is 0.337 e. The zero-order valence-electron chi connectivity index (χ0n) is 24.7. The first-order chi connectivity index (χ1) is 21.3. The van der Waals surface area contributed by atoms with E-state index in [-0.39, 0.29) is 36.5 Å². The number of fused-ring (bicyclic) bond motifs is 1. The Morgan fingerprint density at radius 1 is 1.09 bits per heavy atom. The van der Waals surface area contributed by atoms with E-state index in [2.05, 4.69) is 30.7 Å². The summed E-state index contributed by atoms with van der Waals surface area (Å²) in [7, 11) is 4.42. The highest BCUT2D eigenvalue weighted by atomic mass is 32.2. The van der Waals surface area contributed by atoms with E-state index in [4.69, 9.17) is 9.47 Å². The molecule has 0 radical (unpaired) electrons. The predicted octanol–water partition coefficient (Wildman–Crippen LogP) is 3.83. The summed E-state index contributed by atoms with van der Waals surface area (Å²) in [5.41, 5.74) is 1.70. The normalized spacial score (nSPS) is 13.8. The van der Waals surface area contributed by atoms with Gasteiger partial charge in [-0.2, -0.15) is 11.8 Å². The number of aliphatic imine (C=N–C) groups is 1. The lowest BCUT2D eigenvalue weighted by Crippen LogP contribution is -2.25. The van der Waals surface area contributed by atoms with Gasteiger partial charge in [0.1, 0.15) is 0 Å². The van der Waals surface area contributed by atoms with Gasteiger partial charge in [0.15, 0.2) is 17.3 Å². The Morgan fingerprint density at radius 2 is 1.89 bits per heavy atom. The van der Waals surface area contributed by atoms with Gasteiger partial charge < -0.3 is 34.7 Å². The first-order valence-electron chi connectivity index (χ1n) is 13.8. The van der Waals surface area contributed by atoms with Gasteiger partial charge in [-0.3, -0.25) is 19.4 Å². The average Bonchev–Trinajstić information content (AvgIpc) is 3.38. The summed E-state index contributed by atoms with van der Waals surface area (Å²) < 4.78 is 17.5. The molecule has 2 heterocycles.